The van der Waals surface area contributed by atoms with E-state index >= 15 is 0 Å². The van der Waals surface area contributed by atoms with Gasteiger partial charge in [0.15, 0.2) is 5.75 Å². The Bertz CT molecular complexity index is 933. The zero-order chi connectivity index (χ0) is 20.8. The number of benzene rings is 2. The Labute approximate surface area is 158 Å². The van der Waals surface area contributed by atoms with Crippen LogP contribution < -0.4 is 25.1 Å². The lowest BCUT2D eigenvalue weighted by molar-refractivity contribution is -0.386. The van der Waals surface area contributed by atoms with Crippen molar-refractivity contribution in [2.24, 2.45) is 0 Å². The highest BCUT2D eigenvalue weighted by atomic mass is 19.1. The third kappa shape index (κ3) is 3.92. The van der Waals surface area contributed by atoms with Crippen molar-refractivity contribution in [3.05, 3.63) is 57.4 Å². The molecular weight excluding hydrogens is 377 g/mol. The summed E-state index contributed by atoms with van der Waals surface area (Å²) in [6, 6.07) is 6.16. The summed E-state index contributed by atoms with van der Waals surface area (Å²) in [4.78, 5) is 35.1. The summed E-state index contributed by atoms with van der Waals surface area (Å²) in [5, 5.41) is 11.5. The van der Waals surface area contributed by atoms with Gasteiger partial charge in [-0.2, -0.15) is 0 Å². The lowest BCUT2D eigenvalue weighted by Crippen LogP contribution is -2.42. The molecule has 0 radical (unpaired) electrons. The van der Waals surface area contributed by atoms with Gasteiger partial charge in [-0.05, 0) is 12.1 Å². The molecule has 0 aliphatic heterocycles. The fraction of sp³-hybridized carbons (Fsp3) is 0.176. The average Bonchev–Trinajstić information content (AvgIpc) is 2.69. The highest BCUT2D eigenvalue weighted by Crippen LogP contribution is 2.46. The van der Waals surface area contributed by atoms with Gasteiger partial charge in [0.1, 0.15) is 11.4 Å². The van der Waals surface area contributed by atoms with Crippen LogP contribution in [0, 0.1) is 15.9 Å². The SMILES string of the molecule is COc1cc(C(=O)NNC(=O)c2ccccc2F)c([N+](=O)[O-])c(OC)c1OC. The quantitative estimate of drug-likeness (QED) is 0.566. The van der Waals surface area contributed by atoms with E-state index in [1.54, 1.807) is 0 Å². The minimum atomic E-state index is -1.05. The number of nitro benzene ring substituents is 1. The molecule has 0 saturated carbocycles. The predicted octanol–water partition coefficient (Wildman–Crippen LogP) is 1.83. The molecule has 0 unspecified atom stereocenters. The highest BCUT2D eigenvalue weighted by molar-refractivity contribution is 6.03. The number of ether oxygens (including phenoxy) is 3. The molecule has 148 valence electrons. The summed E-state index contributed by atoms with van der Waals surface area (Å²) < 4.78 is 28.8. The number of halogens is 1. The fourth-order valence-electron chi connectivity index (χ4n) is 2.39. The Morgan fingerprint density at radius 3 is 2.04 bits per heavy atom. The Morgan fingerprint density at radius 2 is 1.54 bits per heavy atom. The Morgan fingerprint density at radius 1 is 0.964 bits per heavy atom. The van der Waals surface area contributed by atoms with Crippen molar-refractivity contribution in [2.75, 3.05) is 21.3 Å². The normalized spacial score (nSPS) is 10.0. The Balaban J connectivity index is 2.38. The van der Waals surface area contributed by atoms with Gasteiger partial charge in [0.05, 0.1) is 31.8 Å². The Kier molecular flexibility index (Phi) is 6.32. The molecule has 2 aromatic carbocycles. The zero-order valence-electron chi connectivity index (χ0n) is 15.1. The van der Waals surface area contributed by atoms with Crippen LogP contribution in [-0.2, 0) is 0 Å². The first-order valence-electron chi connectivity index (χ1n) is 7.68. The van der Waals surface area contributed by atoms with Gasteiger partial charge < -0.3 is 14.2 Å². The third-order valence-electron chi connectivity index (χ3n) is 3.64. The molecule has 0 aromatic heterocycles. The third-order valence-corrected chi connectivity index (χ3v) is 3.64. The number of methoxy groups -OCH3 is 3. The monoisotopic (exact) mass is 393 g/mol. The van der Waals surface area contributed by atoms with Crippen LogP contribution in [0.25, 0.3) is 0 Å². The van der Waals surface area contributed by atoms with Crippen molar-refractivity contribution < 1.29 is 33.1 Å². The van der Waals surface area contributed by atoms with E-state index in [1.807, 2.05) is 10.9 Å². The second-order valence-corrected chi connectivity index (χ2v) is 5.19. The van der Waals surface area contributed by atoms with Crippen LogP contribution in [0.1, 0.15) is 20.7 Å². The van der Waals surface area contributed by atoms with E-state index < -0.39 is 33.8 Å². The van der Waals surface area contributed by atoms with E-state index in [1.165, 1.54) is 32.4 Å². The zero-order valence-corrected chi connectivity index (χ0v) is 15.1. The lowest BCUT2D eigenvalue weighted by atomic mass is 10.1. The van der Waals surface area contributed by atoms with E-state index in [2.05, 4.69) is 0 Å². The molecule has 2 aromatic rings. The molecule has 2 amide bonds. The number of nitrogens with zero attached hydrogens (tertiary/aromatic N) is 1. The van der Waals surface area contributed by atoms with Gasteiger partial charge in [0, 0.05) is 6.07 Å². The first kappa shape index (κ1) is 20.4. The van der Waals surface area contributed by atoms with Crippen LogP contribution in [0.2, 0.25) is 0 Å². The maximum atomic E-state index is 13.6. The van der Waals surface area contributed by atoms with E-state index in [0.717, 1.165) is 19.2 Å². The highest BCUT2D eigenvalue weighted by Gasteiger charge is 2.32. The van der Waals surface area contributed by atoms with E-state index in [4.69, 9.17) is 14.2 Å². The van der Waals surface area contributed by atoms with Crippen molar-refractivity contribution in [2.45, 2.75) is 0 Å². The summed E-state index contributed by atoms with van der Waals surface area (Å²) in [6.45, 7) is 0. The standard InChI is InChI=1S/C17H16FN3O7/c1-26-12-8-10(13(21(24)25)15(28-3)14(12)27-2)17(23)20-19-16(22)9-6-4-5-7-11(9)18/h4-8H,1-3H3,(H,19,22)(H,20,23). The molecule has 2 N–H and O–H groups in total. The van der Waals surface area contributed by atoms with Gasteiger partial charge in [-0.1, -0.05) is 12.1 Å². The fourth-order valence-corrected chi connectivity index (χ4v) is 2.39. The van der Waals surface area contributed by atoms with Gasteiger partial charge in [-0.3, -0.25) is 30.6 Å². The topological polar surface area (TPSA) is 129 Å². The predicted molar refractivity (Wildman–Crippen MR) is 94.1 cm³/mol. The van der Waals surface area contributed by atoms with Gasteiger partial charge >= 0.3 is 5.69 Å². The van der Waals surface area contributed by atoms with Crippen molar-refractivity contribution in [1.29, 1.82) is 0 Å². The lowest BCUT2D eigenvalue weighted by Gasteiger charge is -2.15. The number of nitrogens with one attached hydrogen (secondary N) is 2. The van der Waals surface area contributed by atoms with Crippen LogP contribution in [0.5, 0.6) is 17.2 Å². The molecule has 28 heavy (non-hydrogen) atoms. The van der Waals surface area contributed by atoms with Gasteiger partial charge in [-0.25, -0.2) is 4.39 Å². The second-order valence-electron chi connectivity index (χ2n) is 5.19. The molecule has 0 spiro atoms. The molecule has 0 aliphatic carbocycles. The second kappa shape index (κ2) is 8.66. The molecule has 2 rings (SSSR count). The molecule has 11 heteroatoms. The number of hydrogen-bond acceptors (Lipinski definition) is 7. The Hall–Kier alpha value is -3.89. The van der Waals surface area contributed by atoms with Crippen molar-refractivity contribution >= 4 is 17.5 Å². The summed E-state index contributed by atoms with van der Waals surface area (Å²) in [5.41, 5.74) is 2.51. The van der Waals surface area contributed by atoms with Crippen molar-refractivity contribution in [3.8, 4) is 17.2 Å². The van der Waals surface area contributed by atoms with Crippen LogP contribution in [0.15, 0.2) is 30.3 Å². The minimum Gasteiger partial charge on any atom is -0.493 e. The average molecular weight is 393 g/mol. The first-order valence-corrected chi connectivity index (χ1v) is 7.68. The van der Waals surface area contributed by atoms with Crippen LogP contribution in [0.3, 0.4) is 0 Å². The number of hydrogen-bond donors (Lipinski definition) is 2. The number of hydrazine groups is 1. The van der Waals surface area contributed by atoms with E-state index in [0.29, 0.717) is 0 Å². The van der Waals surface area contributed by atoms with Gasteiger partial charge in [-0.15, -0.1) is 0 Å². The van der Waals surface area contributed by atoms with E-state index in [-0.39, 0.29) is 22.8 Å². The summed E-state index contributed by atoms with van der Waals surface area (Å²) in [7, 11) is 3.68. The molecule has 0 atom stereocenters. The van der Waals surface area contributed by atoms with Gasteiger partial charge in [0.2, 0.25) is 11.5 Å². The van der Waals surface area contributed by atoms with Crippen LogP contribution in [0.4, 0.5) is 10.1 Å². The van der Waals surface area contributed by atoms with Crippen LogP contribution in [-0.4, -0.2) is 38.1 Å². The molecule has 0 fully saturated rings. The number of carbonyl (C=O) groups excluding carboxylic acids is 2. The summed E-state index contributed by atoms with van der Waals surface area (Å²) in [5.74, 6) is -3.21. The summed E-state index contributed by atoms with van der Waals surface area (Å²) >= 11 is 0. The number of nitro groups is 1. The number of amides is 2. The number of rotatable bonds is 6. The smallest absolute Gasteiger partial charge is 0.327 e. The maximum Gasteiger partial charge on any atom is 0.327 e. The molecule has 0 heterocycles. The van der Waals surface area contributed by atoms with E-state index in [9.17, 15) is 24.1 Å². The molecule has 0 bridgehead atoms. The largest absolute Gasteiger partial charge is 0.493 e. The molecular formula is C17H16FN3O7. The van der Waals surface area contributed by atoms with Crippen molar-refractivity contribution in [1.82, 2.24) is 10.9 Å². The molecule has 0 saturated heterocycles. The van der Waals surface area contributed by atoms with Crippen LogP contribution >= 0.6 is 0 Å². The molecule has 10 nitrogen and oxygen atoms in total. The number of carbonyl (C=O) groups is 2. The van der Waals surface area contributed by atoms with Gasteiger partial charge in [0.25, 0.3) is 11.8 Å². The first-order chi connectivity index (χ1) is 13.3. The van der Waals surface area contributed by atoms with Crippen molar-refractivity contribution in [3.63, 3.8) is 0 Å². The maximum absolute atomic E-state index is 13.6. The summed E-state index contributed by atoms with van der Waals surface area (Å²) in [6.07, 6.45) is 0. The minimum absolute atomic E-state index is 0.00414. The molecule has 0 aliphatic rings.